The van der Waals surface area contributed by atoms with Crippen LogP contribution in [0.2, 0.25) is 0 Å². The Labute approximate surface area is 130 Å². The number of nitrogens with one attached hydrogen (secondary N) is 3. The molecule has 1 saturated carbocycles. The van der Waals surface area contributed by atoms with Gasteiger partial charge in [-0.15, -0.1) is 0 Å². The summed E-state index contributed by atoms with van der Waals surface area (Å²) in [6.07, 6.45) is 2.19. The molecule has 4 nitrogen and oxygen atoms in total. The van der Waals surface area contributed by atoms with Crippen LogP contribution in [0.3, 0.4) is 0 Å². The van der Waals surface area contributed by atoms with Crippen molar-refractivity contribution in [3.63, 3.8) is 0 Å². The van der Waals surface area contributed by atoms with E-state index in [4.69, 9.17) is 0 Å². The Morgan fingerprint density at radius 3 is 2.27 bits per heavy atom. The Kier molecular flexibility index (Phi) is 4.28. The molecule has 1 aliphatic carbocycles. The van der Waals surface area contributed by atoms with Gasteiger partial charge in [-0.3, -0.25) is 0 Å². The lowest BCUT2D eigenvalue weighted by molar-refractivity contribution is 0.251. The van der Waals surface area contributed by atoms with Gasteiger partial charge in [0.25, 0.3) is 0 Å². The fraction of sp³-hybridized carbons (Fsp3) is 0.278. The molecule has 2 aromatic rings. The first-order chi connectivity index (χ1) is 10.7. The Morgan fingerprint density at radius 1 is 1.00 bits per heavy atom. The van der Waals surface area contributed by atoms with Crippen molar-refractivity contribution < 1.29 is 4.79 Å². The summed E-state index contributed by atoms with van der Waals surface area (Å²) >= 11 is 0. The summed E-state index contributed by atoms with van der Waals surface area (Å²) in [7, 11) is 0. The van der Waals surface area contributed by atoms with Gasteiger partial charge in [0, 0.05) is 24.0 Å². The minimum Gasteiger partial charge on any atom is -0.381 e. The molecule has 114 valence electrons. The third-order valence-electron chi connectivity index (χ3n) is 3.67. The molecular formula is C18H21N3O. The zero-order chi connectivity index (χ0) is 15.4. The SMILES string of the molecule is Cc1ccc(CNc2ccc(NC(=O)NC3CC3)cc2)cc1. The van der Waals surface area contributed by atoms with E-state index in [0.29, 0.717) is 6.04 Å². The second kappa shape index (κ2) is 6.52. The minimum absolute atomic E-state index is 0.122. The molecule has 3 N–H and O–H groups in total. The van der Waals surface area contributed by atoms with E-state index in [1.54, 1.807) is 0 Å². The molecular weight excluding hydrogens is 274 g/mol. The van der Waals surface area contributed by atoms with E-state index in [9.17, 15) is 4.79 Å². The molecule has 1 fully saturated rings. The maximum absolute atomic E-state index is 11.6. The van der Waals surface area contributed by atoms with Crippen molar-refractivity contribution in [1.82, 2.24) is 5.32 Å². The van der Waals surface area contributed by atoms with E-state index >= 15 is 0 Å². The molecule has 0 radical (unpaired) electrons. The van der Waals surface area contributed by atoms with E-state index in [-0.39, 0.29) is 6.03 Å². The summed E-state index contributed by atoms with van der Waals surface area (Å²) in [6.45, 7) is 2.87. The van der Waals surface area contributed by atoms with Gasteiger partial charge < -0.3 is 16.0 Å². The van der Waals surface area contributed by atoms with Crippen molar-refractivity contribution in [2.24, 2.45) is 0 Å². The number of urea groups is 1. The van der Waals surface area contributed by atoms with Crippen LogP contribution in [0.1, 0.15) is 24.0 Å². The molecule has 2 aromatic carbocycles. The van der Waals surface area contributed by atoms with E-state index in [2.05, 4.69) is 47.1 Å². The van der Waals surface area contributed by atoms with Gasteiger partial charge in [0.2, 0.25) is 0 Å². The first-order valence-electron chi connectivity index (χ1n) is 7.66. The van der Waals surface area contributed by atoms with Crippen molar-refractivity contribution >= 4 is 17.4 Å². The number of hydrogen-bond acceptors (Lipinski definition) is 2. The predicted molar refractivity (Wildman–Crippen MR) is 90.1 cm³/mol. The van der Waals surface area contributed by atoms with Crippen LogP contribution >= 0.6 is 0 Å². The average Bonchev–Trinajstić information content (AvgIpc) is 3.32. The second-order valence-corrected chi connectivity index (χ2v) is 5.79. The normalized spacial score (nSPS) is 13.5. The molecule has 0 atom stereocenters. The summed E-state index contributed by atoms with van der Waals surface area (Å²) in [6, 6.07) is 16.5. The number of benzene rings is 2. The molecule has 4 heteroatoms. The van der Waals surface area contributed by atoms with Crippen LogP contribution in [0.5, 0.6) is 0 Å². The number of amides is 2. The molecule has 0 bridgehead atoms. The van der Waals surface area contributed by atoms with Gasteiger partial charge in [-0.25, -0.2) is 4.79 Å². The van der Waals surface area contributed by atoms with Crippen molar-refractivity contribution in [2.45, 2.75) is 32.4 Å². The third-order valence-corrected chi connectivity index (χ3v) is 3.67. The third kappa shape index (κ3) is 4.25. The van der Waals surface area contributed by atoms with Crippen molar-refractivity contribution in [3.05, 3.63) is 59.7 Å². The van der Waals surface area contributed by atoms with Crippen LogP contribution in [0.15, 0.2) is 48.5 Å². The molecule has 0 aromatic heterocycles. The van der Waals surface area contributed by atoms with Crippen LogP contribution in [0, 0.1) is 6.92 Å². The molecule has 0 unspecified atom stereocenters. The molecule has 0 saturated heterocycles. The number of anilines is 2. The van der Waals surface area contributed by atoms with E-state index < -0.39 is 0 Å². The summed E-state index contributed by atoms with van der Waals surface area (Å²) in [5.74, 6) is 0. The monoisotopic (exact) mass is 295 g/mol. The summed E-state index contributed by atoms with van der Waals surface area (Å²) in [4.78, 5) is 11.6. The molecule has 0 heterocycles. The van der Waals surface area contributed by atoms with Gasteiger partial charge in [-0.1, -0.05) is 29.8 Å². The lowest BCUT2D eigenvalue weighted by Gasteiger charge is -2.09. The molecule has 0 aliphatic heterocycles. The summed E-state index contributed by atoms with van der Waals surface area (Å²) in [5.41, 5.74) is 4.35. The van der Waals surface area contributed by atoms with E-state index in [1.807, 2.05) is 24.3 Å². The Bertz CT molecular complexity index is 630. The number of rotatable bonds is 5. The predicted octanol–water partition coefficient (Wildman–Crippen LogP) is 3.89. The quantitative estimate of drug-likeness (QED) is 0.784. The molecule has 2 amide bonds. The smallest absolute Gasteiger partial charge is 0.319 e. The fourth-order valence-electron chi connectivity index (χ4n) is 2.16. The molecule has 22 heavy (non-hydrogen) atoms. The van der Waals surface area contributed by atoms with Crippen LogP contribution in [-0.4, -0.2) is 12.1 Å². The van der Waals surface area contributed by atoms with E-state index in [0.717, 1.165) is 30.8 Å². The van der Waals surface area contributed by atoms with Crippen LogP contribution in [-0.2, 0) is 6.54 Å². The van der Waals surface area contributed by atoms with E-state index in [1.165, 1.54) is 11.1 Å². The molecule has 1 aliphatic rings. The van der Waals surface area contributed by atoms with Gasteiger partial charge in [0.15, 0.2) is 0 Å². The van der Waals surface area contributed by atoms with Gasteiger partial charge in [0.1, 0.15) is 0 Å². The highest BCUT2D eigenvalue weighted by atomic mass is 16.2. The van der Waals surface area contributed by atoms with Gasteiger partial charge >= 0.3 is 6.03 Å². The van der Waals surface area contributed by atoms with Crippen LogP contribution < -0.4 is 16.0 Å². The molecule has 0 spiro atoms. The maximum atomic E-state index is 11.6. The Morgan fingerprint density at radius 2 is 1.64 bits per heavy atom. The highest BCUT2D eigenvalue weighted by molar-refractivity contribution is 5.89. The standard InChI is InChI=1S/C18H21N3O/c1-13-2-4-14(5-3-13)12-19-15-6-8-16(9-7-15)20-18(22)21-17-10-11-17/h2-9,17,19H,10-12H2,1H3,(H2,20,21,22). The first-order valence-corrected chi connectivity index (χ1v) is 7.66. The highest BCUT2D eigenvalue weighted by Crippen LogP contribution is 2.19. The zero-order valence-corrected chi connectivity index (χ0v) is 12.7. The average molecular weight is 295 g/mol. The van der Waals surface area contributed by atoms with Crippen molar-refractivity contribution in [1.29, 1.82) is 0 Å². The van der Waals surface area contributed by atoms with Gasteiger partial charge in [-0.05, 0) is 49.6 Å². The second-order valence-electron chi connectivity index (χ2n) is 5.79. The van der Waals surface area contributed by atoms with Gasteiger partial charge in [0.05, 0.1) is 0 Å². The highest BCUT2D eigenvalue weighted by Gasteiger charge is 2.23. The molecule has 3 rings (SSSR count). The summed E-state index contributed by atoms with van der Waals surface area (Å²) < 4.78 is 0. The number of hydrogen-bond donors (Lipinski definition) is 3. The van der Waals surface area contributed by atoms with Crippen molar-refractivity contribution in [3.8, 4) is 0 Å². The Hall–Kier alpha value is -2.49. The van der Waals surface area contributed by atoms with Gasteiger partial charge in [-0.2, -0.15) is 0 Å². The number of carbonyl (C=O) groups is 1. The van der Waals surface area contributed by atoms with Crippen molar-refractivity contribution in [2.75, 3.05) is 10.6 Å². The van der Waals surface area contributed by atoms with Crippen LogP contribution in [0.25, 0.3) is 0 Å². The topological polar surface area (TPSA) is 53.2 Å². The maximum Gasteiger partial charge on any atom is 0.319 e. The summed E-state index contributed by atoms with van der Waals surface area (Å²) in [5, 5.41) is 9.12. The lowest BCUT2D eigenvalue weighted by atomic mass is 10.1. The lowest BCUT2D eigenvalue weighted by Crippen LogP contribution is -2.30. The Balaban J connectivity index is 1.50. The fourth-order valence-corrected chi connectivity index (χ4v) is 2.16. The number of aryl methyl sites for hydroxylation is 1. The first kappa shape index (κ1) is 14.4. The van der Waals surface area contributed by atoms with Crippen LogP contribution in [0.4, 0.5) is 16.2 Å². The largest absolute Gasteiger partial charge is 0.381 e. The minimum atomic E-state index is -0.122. The number of carbonyl (C=O) groups excluding carboxylic acids is 1. The zero-order valence-electron chi connectivity index (χ0n) is 12.7.